The third kappa shape index (κ3) is 5.24. The van der Waals surface area contributed by atoms with Crippen LogP contribution in [0.1, 0.15) is 32.6 Å². The number of aryl methyl sites for hydroxylation is 2. The molecule has 7 nitrogen and oxygen atoms in total. The van der Waals surface area contributed by atoms with Crippen molar-refractivity contribution >= 4 is 42.6 Å². The van der Waals surface area contributed by atoms with E-state index in [1.54, 1.807) is 17.0 Å². The Kier molecular flexibility index (Phi) is 7.37. The minimum absolute atomic E-state index is 0.194. The molecule has 0 radical (unpaired) electrons. The maximum absolute atomic E-state index is 13.7. The van der Waals surface area contributed by atoms with Crippen LogP contribution >= 0.6 is 11.3 Å². The van der Waals surface area contributed by atoms with Crippen molar-refractivity contribution in [3.8, 4) is 0 Å². The molecule has 0 saturated carbocycles. The Labute approximate surface area is 228 Å². The van der Waals surface area contributed by atoms with E-state index in [2.05, 4.69) is 32.0 Å². The lowest BCUT2D eigenvalue weighted by atomic mass is 10.0. The second kappa shape index (κ2) is 10.6. The number of thiazole rings is 1. The third-order valence-electron chi connectivity index (χ3n) is 7.07. The van der Waals surface area contributed by atoms with Crippen molar-refractivity contribution in [3.63, 3.8) is 0 Å². The van der Waals surface area contributed by atoms with Crippen LogP contribution in [0.3, 0.4) is 0 Å². The van der Waals surface area contributed by atoms with Crippen molar-refractivity contribution in [3.05, 3.63) is 88.5 Å². The van der Waals surface area contributed by atoms with E-state index < -0.39 is 10.0 Å². The standard InChI is InChI=1S/C29H32N4O3S2/c1-20-17-26-27(18-21(20)2)37-29(30-26)33(16-15-31(3)4)28(34)23-9-11-25(12-10-23)38(35,36)32-14-13-22-7-5-6-8-24(22)19-32/h5-12,17-18H,13-16,19H2,1-4H3. The molecule has 0 bridgehead atoms. The number of carbonyl (C=O) groups excluding carboxylic acids is 1. The predicted octanol–water partition coefficient (Wildman–Crippen LogP) is 4.87. The van der Waals surface area contributed by atoms with E-state index in [4.69, 9.17) is 4.98 Å². The van der Waals surface area contributed by atoms with E-state index >= 15 is 0 Å². The number of carbonyl (C=O) groups is 1. The fourth-order valence-electron chi connectivity index (χ4n) is 4.62. The largest absolute Gasteiger partial charge is 0.308 e. The van der Waals surface area contributed by atoms with Crippen LogP contribution in [0.4, 0.5) is 5.13 Å². The van der Waals surface area contributed by atoms with E-state index in [-0.39, 0.29) is 10.8 Å². The summed E-state index contributed by atoms with van der Waals surface area (Å²) in [7, 11) is 0.254. The summed E-state index contributed by atoms with van der Waals surface area (Å²) in [5, 5.41) is 0.639. The van der Waals surface area contributed by atoms with Gasteiger partial charge in [-0.25, -0.2) is 13.4 Å². The van der Waals surface area contributed by atoms with Crippen LogP contribution in [-0.2, 0) is 23.0 Å². The number of hydrogen-bond acceptors (Lipinski definition) is 6. The van der Waals surface area contributed by atoms with Crippen LogP contribution in [0.25, 0.3) is 10.2 Å². The highest BCUT2D eigenvalue weighted by Crippen LogP contribution is 2.32. The van der Waals surface area contributed by atoms with E-state index in [0.717, 1.165) is 21.3 Å². The molecule has 5 rings (SSSR count). The van der Waals surface area contributed by atoms with Crippen LogP contribution in [0.15, 0.2) is 65.6 Å². The highest BCUT2D eigenvalue weighted by Gasteiger charge is 2.29. The van der Waals surface area contributed by atoms with Crippen molar-refractivity contribution < 1.29 is 13.2 Å². The van der Waals surface area contributed by atoms with Gasteiger partial charge < -0.3 is 4.90 Å². The summed E-state index contributed by atoms with van der Waals surface area (Å²) in [6.45, 7) is 6.06. The molecule has 1 aliphatic heterocycles. The third-order valence-corrected chi connectivity index (χ3v) is 9.97. The van der Waals surface area contributed by atoms with Gasteiger partial charge in [-0.05, 0) is 93.0 Å². The SMILES string of the molecule is Cc1cc2nc(N(CCN(C)C)C(=O)c3ccc(S(=O)(=O)N4CCc5ccccc5C4)cc3)sc2cc1C. The van der Waals surface area contributed by atoms with Crippen LogP contribution in [0.5, 0.6) is 0 Å². The second-order valence-corrected chi connectivity index (χ2v) is 13.0. The number of anilines is 1. The summed E-state index contributed by atoms with van der Waals surface area (Å²) in [6, 6.07) is 18.4. The summed E-state index contributed by atoms with van der Waals surface area (Å²) in [4.78, 5) is 22.4. The van der Waals surface area contributed by atoms with Crippen molar-refractivity contribution in [1.82, 2.24) is 14.2 Å². The minimum atomic E-state index is -3.68. The molecule has 3 aromatic carbocycles. The molecule has 198 valence electrons. The Morgan fingerprint density at radius 3 is 2.37 bits per heavy atom. The van der Waals surface area contributed by atoms with Gasteiger partial charge in [0.2, 0.25) is 10.0 Å². The zero-order valence-electron chi connectivity index (χ0n) is 22.1. The highest BCUT2D eigenvalue weighted by atomic mass is 32.2. The molecule has 38 heavy (non-hydrogen) atoms. The van der Waals surface area contributed by atoms with E-state index in [9.17, 15) is 13.2 Å². The zero-order valence-corrected chi connectivity index (χ0v) is 23.8. The quantitative estimate of drug-likeness (QED) is 0.330. The number of sulfonamides is 1. The summed E-state index contributed by atoms with van der Waals surface area (Å²) in [5.74, 6) is -0.199. The zero-order chi connectivity index (χ0) is 27.0. The van der Waals surface area contributed by atoms with Gasteiger partial charge in [0, 0.05) is 31.7 Å². The average Bonchev–Trinajstić information content (AvgIpc) is 3.30. The molecule has 0 N–H and O–H groups in total. The summed E-state index contributed by atoms with van der Waals surface area (Å²) < 4.78 is 29.3. The molecule has 0 unspecified atom stereocenters. The minimum Gasteiger partial charge on any atom is -0.308 e. The molecule has 9 heteroatoms. The molecule has 0 fully saturated rings. The number of hydrogen-bond donors (Lipinski definition) is 0. The first kappa shape index (κ1) is 26.5. The van der Waals surface area contributed by atoms with E-state index in [1.165, 1.54) is 38.9 Å². The van der Waals surface area contributed by atoms with Crippen LogP contribution in [0.2, 0.25) is 0 Å². The number of fused-ring (bicyclic) bond motifs is 2. The fourth-order valence-corrected chi connectivity index (χ4v) is 7.11. The average molecular weight is 549 g/mol. The Morgan fingerprint density at radius 1 is 0.974 bits per heavy atom. The maximum atomic E-state index is 13.7. The van der Waals surface area contributed by atoms with Crippen molar-refractivity contribution in [2.45, 2.75) is 31.7 Å². The molecular formula is C29H32N4O3S2. The summed E-state index contributed by atoms with van der Waals surface area (Å²) >= 11 is 1.50. The molecular weight excluding hydrogens is 516 g/mol. The Bertz CT molecular complexity index is 1560. The van der Waals surface area contributed by atoms with Crippen molar-refractivity contribution in [1.29, 1.82) is 0 Å². The van der Waals surface area contributed by atoms with E-state index in [0.29, 0.717) is 43.3 Å². The number of nitrogens with zero attached hydrogens (tertiary/aromatic N) is 4. The summed E-state index contributed by atoms with van der Waals surface area (Å²) in [6.07, 6.45) is 0.689. The van der Waals surface area contributed by atoms with Gasteiger partial charge in [-0.2, -0.15) is 4.31 Å². The Hall–Kier alpha value is -3.11. The van der Waals surface area contributed by atoms with Crippen molar-refractivity contribution in [2.75, 3.05) is 38.6 Å². The van der Waals surface area contributed by atoms with Gasteiger partial charge >= 0.3 is 0 Å². The van der Waals surface area contributed by atoms with Gasteiger partial charge in [-0.1, -0.05) is 35.6 Å². The molecule has 0 atom stereocenters. The molecule has 2 heterocycles. The van der Waals surface area contributed by atoms with Crippen LogP contribution in [0, 0.1) is 13.8 Å². The highest BCUT2D eigenvalue weighted by molar-refractivity contribution is 7.89. The Morgan fingerprint density at radius 2 is 1.66 bits per heavy atom. The topological polar surface area (TPSA) is 73.8 Å². The van der Waals surface area contributed by atoms with Gasteiger partial charge in [-0.15, -0.1) is 0 Å². The van der Waals surface area contributed by atoms with Crippen LogP contribution in [-0.4, -0.2) is 62.2 Å². The molecule has 1 aromatic heterocycles. The molecule has 4 aromatic rings. The Balaban J connectivity index is 1.41. The van der Waals surface area contributed by atoms with Gasteiger partial charge in [0.1, 0.15) is 0 Å². The maximum Gasteiger partial charge on any atom is 0.260 e. The first-order valence-corrected chi connectivity index (χ1v) is 14.9. The number of likely N-dealkylation sites (N-methyl/N-ethyl adjacent to an activating group) is 1. The molecule has 0 spiro atoms. The summed E-state index contributed by atoms with van der Waals surface area (Å²) in [5.41, 5.74) is 5.88. The van der Waals surface area contributed by atoms with Gasteiger partial charge in [0.25, 0.3) is 5.91 Å². The molecule has 1 aliphatic rings. The first-order valence-electron chi connectivity index (χ1n) is 12.6. The van der Waals surface area contributed by atoms with Gasteiger partial charge in [0.05, 0.1) is 15.1 Å². The predicted molar refractivity (Wildman–Crippen MR) is 154 cm³/mol. The molecule has 0 aliphatic carbocycles. The van der Waals surface area contributed by atoms with Gasteiger partial charge in [0.15, 0.2) is 5.13 Å². The lowest BCUT2D eigenvalue weighted by Gasteiger charge is -2.28. The normalized spacial score (nSPS) is 14.1. The monoisotopic (exact) mass is 548 g/mol. The number of rotatable bonds is 7. The van der Waals surface area contributed by atoms with Crippen molar-refractivity contribution in [2.24, 2.45) is 0 Å². The van der Waals surface area contributed by atoms with Crippen LogP contribution < -0.4 is 4.90 Å². The lowest BCUT2D eigenvalue weighted by Crippen LogP contribution is -2.37. The lowest BCUT2D eigenvalue weighted by molar-refractivity contribution is 0.0985. The fraction of sp³-hybridized carbons (Fsp3) is 0.310. The second-order valence-electron chi connectivity index (χ2n) is 10.0. The van der Waals surface area contributed by atoms with Gasteiger partial charge in [-0.3, -0.25) is 9.69 Å². The number of amides is 1. The number of benzene rings is 3. The molecule has 1 amide bonds. The first-order chi connectivity index (χ1) is 18.1. The molecule has 0 saturated heterocycles. The van der Waals surface area contributed by atoms with E-state index in [1.807, 2.05) is 37.2 Å². The number of aromatic nitrogens is 1. The smallest absolute Gasteiger partial charge is 0.260 e.